The van der Waals surface area contributed by atoms with E-state index in [1.54, 1.807) is 0 Å². The van der Waals surface area contributed by atoms with Gasteiger partial charge in [0, 0.05) is 16.3 Å². The van der Waals surface area contributed by atoms with E-state index in [0.717, 1.165) is 40.7 Å². The molecule has 0 bridgehead atoms. The van der Waals surface area contributed by atoms with Crippen molar-refractivity contribution in [1.82, 2.24) is 0 Å². The summed E-state index contributed by atoms with van der Waals surface area (Å²) < 4.78 is 20.3. The number of fused-ring (bicyclic) bond motifs is 1. The second kappa shape index (κ2) is 11.8. The molecule has 3 aromatic rings. The summed E-state index contributed by atoms with van der Waals surface area (Å²) >= 11 is 10.4. The molecule has 190 valence electrons. The molecule has 0 amide bonds. The third-order valence-corrected chi connectivity index (χ3v) is 8.76. The highest BCUT2D eigenvalue weighted by atomic mass is 79.9. The highest BCUT2D eigenvalue weighted by molar-refractivity contribution is 9.08. The molecule has 2 aliphatic rings. The molecule has 1 heterocycles. The molecule has 3 nitrogen and oxygen atoms in total. The van der Waals surface area contributed by atoms with E-state index >= 15 is 0 Å². The fourth-order valence-corrected chi connectivity index (χ4v) is 6.51. The van der Waals surface area contributed by atoms with Gasteiger partial charge in [-0.1, -0.05) is 108 Å². The maximum Gasteiger partial charge on any atom is 0.115 e. The molecule has 0 radical (unpaired) electrons. The summed E-state index contributed by atoms with van der Waals surface area (Å²) in [6.07, 6.45) is 2.52. The average molecular weight is 570 g/mol. The highest BCUT2D eigenvalue weighted by Crippen LogP contribution is 2.46. The summed E-state index contributed by atoms with van der Waals surface area (Å²) in [5.41, 5.74) is 7.24. The van der Waals surface area contributed by atoms with E-state index in [9.17, 15) is 0 Å². The summed E-state index contributed by atoms with van der Waals surface area (Å²) in [7, 11) is 0. The molecule has 0 N–H and O–H groups in total. The number of benzene rings is 3. The Hall–Kier alpha value is -1.69. The number of halogens is 2. The number of hydrogen-bond acceptors (Lipinski definition) is 3. The lowest BCUT2D eigenvalue weighted by Gasteiger charge is -2.47. The lowest BCUT2D eigenvalue weighted by molar-refractivity contribution is -0.235. The first-order valence-corrected chi connectivity index (χ1v) is 14.5. The number of rotatable bonds is 9. The van der Waals surface area contributed by atoms with E-state index in [4.69, 9.17) is 25.8 Å². The largest absolute Gasteiger partial charge is 0.370 e. The van der Waals surface area contributed by atoms with Gasteiger partial charge in [-0.3, -0.25) is 0 Å². The Bertz CT molecular complexity index is 1150. The molecule has 3 aromatic carbocycles. The van der Waals surface area contributed by atoms with E-state index < -0.39 is 0 Å². The second-order valence-corrected chi connectivity index (χ2v) is 10.9. The van der Waals surface area contributed by atoms with Crippen LogP contribution in [0.5, 0.6) is 0 Å². The summed E-state index contributed by atoms with van der Waals surface area (Å²) in [5.74, 6) is 0.199. The van der Waals surface area contributed by atoms with Crippen molar-refractivity contribution in [1.29, 1.82) is 0 Å². The smallest absolute Gasteiger partial charge is 0.115 e. The molecule has 0 spiro atoms. The lowest BCUT2D eigenvalue weighted by Crippen LogP contribution is -2.52. The molecule has 0 saturated carbocycles. The maximum atomic E-state index is 6.86. The van der Waals surface area contributed by atoms with Gasteiger partial charge in [-0.2, -0.15) is 0 Å². The fraction of sp³-hybridized carbons (Fsp3) is 0.419. The van der Waals surface area contributed by atoms with Gasteiger partial charge in [0.15, 0.2) is 0 Å². The molecule has 5 rings (SSSR count). The van der Waals surface area contributed by atoms with Crippen molar-refractivity contribution in [3.63, 3.8) is 0 Å². The van der Waals surface area contributed by atoms with Crippen LogP contribution in [0.4, 0.5) is 0 Å². The van der Waals surface area contributed by atoms with Gasteiger partial charge in [0.2, 0.25) is 0 Å². The number of alkyl halides is 1. The zero-order valence-electron chi connectivity index (χ0n) is 21.0. The molecule has 1 aliphatic carbocycles. The van der Waals surface area contributed by atoms with Gasteiger partial charge in [-0.25, -0.2) is 0 Å². The molecule has 5 atom stereocenters. The second-order valence-electron chi connectivity index (χ2n) is 9.91. The van der Waals surface area contributed by atoms with E-state index in [0.29, 0.717) is 13.2 Å². The fourth-order valence-electron chi connectivity index (χ4n) is 5.57. The quantitative estimate of drug-likeness (QED) is 0.244. The van der Waals surface area contributed by atoms with Crippen molar-refractivity contribution >= 4 is 27.5 Å². The van der Waals surface area contributed by atoms with Crippen LogP contribution in [0, 0.1) is 5.92 Å². The van der Waals surface area contributed by atoms with Crippen LogP contribution in [0.15, 0.2) is 66.7 Å². The van der Waals surface area contributed by atoms with Gasteiger partial charge in [-0.15, -0.1) is 0 Å². The van der Waals surface area contributed by atoms with Crippen molar-refractivity contribution in [2.24, 2.45) is 5.92 Å². The number of ether oxygens (including phenoxy) is 3. The van der Waals surface area contributed by atoms with Gasteiger partial charge < -0.3 is 14.2 Å². The zero-order chi connectivity index (χ0) is 25.1. The van der Waals surface area contributed by atoms with Crippen molar-refractivity contribution in [2.45, 2.75) is 76.1 Å². The zero-order valence-corrected chi connectivity index (χ0v) is 23.3. The topological polar surface area (TPSA) is 27.7 Å². The van der Waals surface area contributed by atoms with Gasteiger partial charge in [0.1, 0.15) is 12.2 Å². The summed E-state index contributed by atoms with van der Waals surface area (Å²) in [5, 5.41) is 1.61. The van der Waals surface area contributed by atoms with Crippen molar-refractivity contribution in [3.05, 3.63) is 105 Å². The Kier molecular flexibility index (Phi) is 8.49. The Morgan fingerprint density at radius 3 is 2.00 bits per heavy atom. The Morgan fingerprint density at radius 1 is 0.889 bits per heavy atom. The third kappa shape index (κ3) is 5.30. The summed E-state index contributed by atoms with van der Waals surface area (Å²) in [4.78, 5) is 0. The van der Waals surface area contributed by atoms with Gasteiger partial charge >= 0.3 is 0 Å². The minimum absolute atomic E-state index is 0.0890. The van der Waals surface area contributed by atoms with Crippen LogP contribution in [0.3, 0.4) is 0 Å². The SMILES string of the molecule is CC[C@H]1OC(c2cc(CBr)c(Cl)c3c2CC3)[C@H](OCc2ccccc2)[C@@H](OCc2ccccc2)[C@@H]1C. The van der Waals surface area contributed by atoms with Crippen LogP contribution in [-0.2, 0) is 45.6 Å². The summed E-state index contributed by atoms with van der Waals surface area (Å²) in [6.45, 7) is 5.50. The van der Waals surface area contributed by atoms with E-state index in [1.165, 1.54) is 22.3 Å². The molecule has 0 aromatic heterocycles. The lowest BCUT2D eigenvalue weighted by atomic mass is 9.77. The first-order chi connectivity index (χ1) is 17.6. The van der Waals surface area contributed by atoms with E-state index in [1.807, 2.05) is 12.1 Å². The van der Waals surface area contributed by atoms with Crippen molar-refractivity contribution in [3.8, 4) is 0 Å². The molecule has 1 fully saturated rings. The van der Waals surface area contributed by atoms with Crippen LogP contribution in [0.25, 0.3) is 0 Å². The standard InChI is InChI=1S/C31H34BrClO3/c1-3-27-20(2)29(34-18-21-10-6-4-7-11-21)31(35-19-22-12-8-5-9-13-22)30(36-27)26-16-23(17-32)28(33)25-15-14-24(25)26/h4-13,16,20,27,29-31H,3,14-15,17-19H2,1-2H3/t20-,27-,29+,30?,31-/m1/s1. The molecule has 1 aliphatic heterocycles. The monoisotopic (exact) mass is 568 g/mol. The van der Waals surface area contributed by atoms with E-state index in [2.05, 4.69) is 84.4 Å². The predicted molar refractivity (Wildman–Crippen MR) is 149 cm³/mol. The minimum Gasteiger partial charge on any atom is -0.370 e. The van der Waals surface area contributed by atoms with Gasteiger partial charge in [-0.05, 0) is 52.6 Å². The predicted octanol–water partition coefficient (Wildman–Crippen LogP) is 7.99. The first-order valence-electron chi connectivity index (χ1n) is 13.0. The third-order valence-electron chi connectivity index (χ3n) is 7.69. The number of hydrogen-bond donors (Lipinski definition) is 0. The van der Waals surface area contributed by atoms with Crippen LogP contribution in [-0.4, -0.2) is 18.3 Å². The molecule has 5 heteroatoms. The van der Waals surface area contributed by atoms with Crippen LogP contribution in [0.2, 0.25) is 5.02 Å². The molecular formula is C31H34BrClO3. The first kappa shape index (κ1) is 25.9. The Balaban J connectivity index is 1.51. The van der Waals surface area contributed by atoms with Gasteiger partial charge in [0.05, 0.1) is 25.4 Å². The maximum absolute atomic E-state index is 6.86. The van der Waals surface area contributed by atoms with Crippen LogP contribution >= 0.6 is 27.5 Å². The van der Waals surface area contributed by atoms with Gasteiger partial charge in [0.25, 0.3) is 0 Å². The van der Waals surface area contributed by atoms with E-state index in [-0.39, 0.29) is 30.3 Å². The Labute approximate surface area is 228 Å². The highest BCUT2D eigenvalue weighted by Gasteiger charge is 2.46. The van der Waals surface area contributed by atoms with Crippen molar-refractivity contribution < 1.29 is 14.2 Å². The molecule has 1 saturated heterocycles. The van der Waals surface area contributed by atoms with Crippen molar-refractivity contribution in [2.75, 3.05) is 0 Å². The average Bonchev–Trinajstić information content (AvgIpc) is 2.89. The molecule has 36 heavy (non-hydrogen) atoms. The molecule has 1 unspecified atom stereocenters. The molecular weight excluding hydrogens is 536 g/mol. The normalized spacial score (nSPS) is 25.3. The Morgan fingerprint density at radius 2 is 1.47 bits per heavy atom. The van der Waals surface area contributed by atoms with Crippen LogP contribution < -0.4 is 0 Å². The minimum atomic E-state index is -0.235. The van der Waals surface area contributed by atoms with Crippen LogP contribution in [0.1, 0.15) is 59.8 Å². The summed E-state index contributed by atoms with van der Waals surface area (Å²) in [6, 6.07) is 23.0.